The van der Waals surface area contributed by atoms with Gasteiger partial charge in [-0.2, -0.15) is 0 Å². The molecule has 4 nitrogen and oxygen atoms in total. The minimum atomic E-state index is 0.114. The number of carbonyl (C=O) groups is 1. The Kier molecular flexibility index (Phi) is 6.14. The van der Waals surface area contributed by atoms with Crippen LogP contribution in [0.2, 0.25) is 0 Å². The summed E-state index contributed by atoms with van der Waals surface area (Å²) in [4.78, 5) is 14.5. The average molecular weight is 282 g/mol. The van der Waals surface area contributed by atoms with Crippen molar-refractivity contribution in [2.24, 2.45) is 5.92 Å². The summed E-state index contributed by atoms with van der Waals surface area (Å²) in [5.74, 6) is 0.711. The van der Waals surface area contributed by atoms with E-state index in [0.717, 1.165) is 19.4 Å². The third-order valence-corrected chi connectivity index (χ3v) is 4.59. The molecule has 0 spiro atoms. The summed E-state index contributed by atoms with van der Waals surface area (Å²) in [7, 11) is 0. The lowest BCUT2D eigenvalue weighted by atomic mass is 9.89. The molecule has 1 unspecified atom stereocenters. The zero-order valence-corrected chi connectivity index (χ0v) is 12.8. The number of nitrogens with one attached hydrogen (secondary N) is 1. The second-order valence-electron chi connectivity index (χ2n) is 6.60. The van der Waals surface area contributed by atoms with E-state index >= 15 is 0 Å². The molecule has 0 aromatic heterocycles. The van der Waals surface area contributed by atoms with Gasteiger partial charge in [0, 0.05) is 25.2 Å². The van der Waals surface area contributed by atoms with Crippen molar-refractivity contribution < 1.29 is 9.90 Å². The van der Waals surface area contributed by atoms with Crippen molar-refractivity contribution in [3.63, 3.8) is 0 Å². The number of aliphatic hydroxyl groups is 1. The van der Waals surface area contributed by atoms with E-state index in [2.05, 4.69) is 10.2 Å². The van der Waals surface area contributed by atoms with Crippen molar-refractivity contribution in [2.45, 2.75) is 76.8 Å². The zero-order valence-electron chi connectivity index (χ0n) is 12.8. The Hall–Kier alpha value is -0.770. The van der Waals surface area contributed by atoms with Gasteiger partial charge in [0.15, 0.2) is 0 Å². The number of urea groups is 1. The van der Waals surface area contributed by atoms with Crippen LogP contribution in [0.3, 0.4) is 0 Å². The number of rotatable bonds is 7. The van der Waals surface area contributed by atoms with Crippen molar-refractivity contribution in [1.29, 1.82) is 0 Å². The van der Waals surface area contributed by atoms with E-state index in [1.165, 1.54) is 44.9 Å². The van der Waals surface area contributed by atoms with Crippen LogP contribution in [0.15, 0.2) is 0 Å². The van der Waals surface area contributed by atoms with Crippen LogP contribution >= 0.6 is 0 Å². The van der Waals surface area contributed by atoms with Crippen molar-refractivity contribution in [3.8, 4) is 0 Å². The van der Waals surface area contributed by atoms with Crippen LogP contribution in [0.4, 0.5) is 4.79 Å². The Morgan fingerprint density at radius 1 is 1.25 bits per heavy atom. The predicted octanol–water partition coefficient (Wildman–Crippen LogP) is 2.90. The highest BCUT2D eigenvalue weighted by atomic mass is 16.3. The van der Waals surface area contributed by atoms with Crippen molar-refractivity contribution >= 4 is 6.03 Å². The van der Waals surface area contributed by atoms with E-state index in [0.29, 0.717) is 12.0 Å². The molecule has 20 heavy (non-hydrogen) atoms. The topological polar surface area (TPSA) is 52.6 Å². The molecule has 2 fully saturated rings. The molecule has 1 atom stereocenters. The molecule has 4 heteroatoms. The lowest BCUT2D eigenvalue weighted by molar-refractivity contribution is 0.170. The van der Waals surface area contributed by atoms with E-state index in [9.17, 15) is 4.79 Å². The SMILES string of the molecule is CC(CCCO)NC(=O)N(CC1CCCCC1)C1CC1. The van der Waals surface area contributed by atoms with Crippen LogP contribution in [0.1, 0.15) is 64.7 Å². The summed E-state index contributed by atoms with van der Waals surface area (Å²) in [5, 5.41) is 12.0. The van der Waals surface area contributed by atoms with Gasteiger partial charge < -0.3 is 15.3 Å². The van der Waals surface area contributed by atoms with Gasteiger partial charge in [-0.25, -0.2) is 4.79 Å². The second kappa shape index (κ2) is 7.87. The van der Waals surface area contributed by atoms with Gasteiger partial charge in [0.25, 0.3) is 0 Å². The molecule has 116 valence electrons. The maximum absolute atomic E-state index is 12.4. The maximum atomic E-state index is 12.4. The average Bonchev–Trinajstić information content (AvgIpc) is 3.28. The standard InChI is InChI=1S/C16H30N2O2/c1-13(6-5-11-19)17-16(20)18(15-9-10-15)12-14-7-3-2-4-8-14/h13-15,19H,2-12H2,1H3,(H,17,20). The van der Waals surface area contributed by atoms with Crippen molar-refractivity contribution in [2.75, 3.05) is 13.2 Å². The number of hydrogen-bond acceptors (Lipinski definition) is 2. The number of carbonyl (C=O) groups excluding carboxylic acids is 1. The fourth-order valence-electron chi connectivity index (χ4n) is 3.20. The van der Waals surface area contributed by atoms with Gasteiger partial charge in [-0.3, -0.25) is 0 Å². The highest BCUT2D eigenvalue weighted by Crippen LogP contribution is 2.31. The summed E-state index contributed by atoms with van der Waals surface area (Å²) in [6, 6.07) is 0.757. The molecule has 0 aromatic rings. The Morgan fingerprint density at radius 2 is 1.95 bits per heavy atom. The van der Waals surface area contributed by atoms with Crippen LogP contribution in [0, 0.1) is 5.92 Å². The number of hydrogen-bond donors (Lipinski definition) is 2. The number of amides is 2. The summed E-state index contributed by atoms with van der Waals surface area (Å²) >= 11 is 0. The molecule has 0 bridgehead atoms. The monoisotopic (exact) mass is 282 g/mol. The van der Waals surface area contributed by atoms with Gasteiger partial charge in [0.1, 0.15) is 0 Å². The minimum absolute atomic E-state index is 0.114. The van der Waals surface area contributed by atoms with Crippen LogP contribution in [0.5, 0.6) is 0 Å². The fourth-order valence-corrected chi connectivity index (χ4v) is 3.20. The molecule has 0 saturated heterocycles. The van der Waals surface area contributed by atoms with Gasteiger partial charge >= 0.3 is 6.03 Å². The third-order valence-electron chi connectivity index (χ3n) is 4.59. The molecule has 0 radical (unpaired) electrons. The minimum Gasteiger partial charge on any atom is -0.396 e. The normalized spacial score (nSPS) is 21.5. The summed E-state index contributed by atoms with van der Waals surface area (Å²) in [6.45, 7) is 3.18. The molecule has 2 amide bonds. The Labute approximate surface area is 122 Å². The van der Waals surface area contributed by atoms with Gasteiger partial charge in [-0.05, 0) is 51.4 Å². The Bertz CT molecular complexity index is 299. The maximum Gasteiger partial charge on any atom is 0.317 e. The van der Waals surface area contributed by atoms with Crippen LogP contribution < -0.4 is 5.32 Å². The molecule has 0 aliphatic heterocycles. The van der Waals surface area contributed by atoms with Gasteiger partial charge in [0.05, 0.1) is 0 Å². The lowest BCUT2D eigenvalue weighted by Gasteiger charge is -2.31. The lowest BCUT2D eigenvalue weighted by Crippen LogP contribution is -2.47. The van der Waals surface area contributed by atoms with Crippen LogP contribution in [-0.4, -0.2) is 41.3 Å². The number of nitrogens with zero attached hydrogens (tertiary/aromatic N) is 1. The van der Waals surface area contributed by atoms with E-state index in [-0.39, 0.29) is 18.7 Å². The van der Waals surface area contributed by atoms with E-state index in [4.69, 9.17) is 5.11 Å². The highest BCUT2D eigenvalue weighted by molar-refractivity contribution is 5.75. The predicted molar refractivity (Wildman–Crippen MR) is 80.6 cm³/mol. The van der Waals surface area contributed by atoms with E-state index in [1.54, 1.807) is 0 Å². The third kappa shape index (κ3) is 4.97. The first-order valence-electron chi connectivity index (χ1n) is 8.38. The molecule has 0 heterocycles. The van der Waals surface area contributed by atoms with E-state index in [1.807, 2.05) is 6.92 Å². The molecule has 2 aliphatic rings. The molecule has 2 aliphatic carbocycles. The van der Waals surface area contributed by atoms with Gasteiger partial charge in [0.2, 0.25) is 0 Å². The molecule has 2 rings (SSSR count). The molecular weight excluding hydrogens is 252 g/mol. The largest absolute Gasteiger partial charge is 0.396 e. The second-order valence-corrected chi connectivity index (χ2v) is 6.60. The van der Waals surface area contributed by atoms with E-state index < -0.39 is 0 Å². The Morgan fingerprint density at radius 3 is 2.55 bits per heavy atom. The smallest absolute Gasteiger partial charge is 0.317 e. The van der Waals surface area contributed by atoms with Gasteiger partial charge in [-0.1, -0.05) is 19.3 Å². The van der Waals surface area contributed by atoms with Gasteiger partial charge in [-0.15, -0.1) is 0 Å². The highest BCUT2D eigenvalue weighted by Gasteiger charge is 2.34. The summed E-state index contributed by atoms with van der Waals surface area (Å²) < 4.78 is 0. The molecular formula is C16H30N2O2. The quantitative estimate of drug-likeness (QED) is 0.754. The first-order chi connectivity index (χ1) is 9.70. The fraction of sp³-hybridized carbons (Fsp3) is 0.938. The molecule has 2 N–H and O–H groups in total. The first-order valence-corrected chi connectivity index (χ1v) is 8.38. The van der Waals surface area contributed by atoms with Crippen LogP contribution in [-0.2, 0) is 0 Å². The summed E-state index contributed by atoms with van der Waals surface area (Å²) in [6.07, 6.45) is 10.6. The molecule has 0 aromatic carbocycles. The number of aliphatic hydroxyl groups excluding tert-OH is 1. The summed E-state index contributed by atoms with van der Waals surface area (Å²) in [5.41, 5.74) is 0. The first kappa shape index (κ1) is 15.6. The zero-order chi connectivity index (χ0) is 14.4. The Balaban J connectivity index is 1.79. The molecule has 2 saturated carbocycles. The van der Waals surface area contributed by atoms with Crippen LogP contribution in [0.25, 0.3) is 0 Å². The van der Waals surface area contributed by atoms with Crippen molar-refractivity contribution in [3.05, 3.63) is 0 Å². The van der Waals surface area contributed by atoms with Crippen molar-refractivity contribution in [1.82, 2.24) is 10.2 Å².